The summed E-state index contributed by atoms with van der Waals surface area (Å²) in [6.45, 7) is 8.37. The van der Waals surface area contributed by atoms with Gasteiger partial charge in [-0.25, -0.2) is 0 Å². The molecule has 3 atom stereocenters. The van der Waals surface area contributed by atoms with Crippen molar-refractivity contribution in [3.8, 4) is 12.3 Å². The van der Waals surface area contributed by atoms with Gasteiger partial charge in [0.2, 0.25) is 0 Å². The zero-order valence-electron chi connectivity index (χ0n) is 13.6. The lowest BCUT2D eigenvalue weighted by molar-refractivity contribution is -0.148. The van der Waals surface area contributed by atoms with Crippen molar-refractivity contribution in [3.05, 3.63) is 0 Å². The fourth-order valence-electron chi connectivity index (χ4n) is 6.85. The second-order valence-corrected chi connectivity index (χ2v) is 9.01. The lowest BCUT2D eigenvalue weighted by atomic mass is 9.39. The van der Waals surface area contributed by atoms with Crippen LogP contribution < -0.4 is 5.32 Å². The Morgan fingerprint density at radius 2 is 1.80 bits per heavy atom. The number of terminal acetylenes is 1. The molecule has 4 fully saturated rings. The lowest BCUT2D eigenvalue weighted by Gasteiger charge is -2.66. The van der Waals surface area contributed by atoms with Gasteiger partial charge in [0.25, 0.3) is 0 Å². The van der Waals surface area contributed by atoms with E-state index in [1.807, 2.05) is 0 Å². The third kappa shape index (κ3) is 2.52. The van der Waals surface area contributed by atoms with Crippen LogP contribution in [0.1, 0.15) is 72.1 Å². The first-order valence-corrected chi connectivity index (χ1v) is 8.60. The first kappa shape index (κ1) is 14.5. The SMILES string of the molecule is C#CC(CC12CC3CC(C)(CC(C)(C3)C1)C2)NCCC. The molecule has 0 aromatic heterocycles. The maximum Gasteiger partial charge on any atom is 0.0692 e. The Hall–Kier alpha value is -0.480. The van der Waals surface area contributed by atoms with Gasteiger partial charge in [0.1, 0.15) is 0 Å². The van der Waals surface area contributed by atoms with Crippen LogP contribution in [0, 0.1) is 34.5 Å². The molecule has 1 N–H and O–H groups in total. The van der Waals surface area contributed by atoms with Crippen LogP contribution in [0.3, 0.4) is 0 Å². The van der Waals surface area contributed by atoms with Gasteiger partial charge in [-0.2, -0.15) is 0 Å². The van der Waals surface area contributed by atoms with Gasteiger partial charge in [-0.15, -0.1) is 6.42 Å². The smallest absolute Gasteiger partial charge is 0.0692 e. The first-order chi connectivity index (χ1) is 9.40. The molecule has 4 aliphatic carbocycles. The van der Waals surface area contributed by atoms with Gasteiger partial charge in [-0.3, -0.25) is 0 Å². The summed E-state index contributed by atoms with van der Waals surface area (Å²) in [5, 5.41) is 3.58. The largest absolute Gasteiger partial charge is 0.304 e. The summed E-state index contributed by atoms with van der Waals surface area (Å²) in [4.78, 5) is 0. The Kier molecular flexibility index (Phi) is 3.45. The molecule has 20 heavy (non-hydrogen) atoms. The first-order valence-electron chi connectivity index (χ1n) is 8.60. The van der Waals surface area contributed by atoms with Crippen LogP contribution >= 0.6 is 0 Å². The second-order valence-electron chi connectivity index (χ2n) is 9.01. The van der Waals surface area contributed by atoms with Crippen molar-refractivity contribution in [2.75, 3.05) is 6.54 Å². The van der Waals surface area contributed by atoms with E-state index >= 15 is 0 Å². The van der Waals surface area contributed by atoms with Crippen molar-refractivity contribution in [3.63, 3.8) is 0 Å². The van der Waals surface area contributed by atoms with Crippen molar-refractivity contribution >= 4 is 0 Å². The van der Waals surface area contributed by atoms with Gasteiger partial charge >= 0.3 is 0 Å². The highest BCUT2D eigenvalue weighted by Crippen LogP contribution is 2.70. The molecule has 0 heterocycles. The Morgan fingerprint density at radius 1 is 1.15 bits per heavy atom. The molecule has 1 nitrogen and oxygen atoms in total. The maximum atomic E-state index is 5.80. The predicted octanol–water partition coefficient (Wildman–Crippen LogP) is 4.37. The standard InChI is InChI=1S/C19H31N/c1-5-7-20-16(6-2)11-19-10-15-8-17(3,13-19)12-18(4,9-15)14-19/h2,15-16,20H,5,7-14H2,1,3-4H3. The number of hydrogen-bond acceptors (Lipinski definition) is 1. The fraction of sp³-hybridized carbons (Fsp3) is 0.895. The van der Waals surface area contributed by atoms with Crippen LogP contribution in [-0.2, 0) is 0 Å². The molecule has 4 saturated carbocycles. The average molecular weight is 273 g/mol. The minimum Gasteiger partial charge on any atom is -0.304 e. The zero-order valence-corrected chi connectivity index (χ0v) is 13.6. The average Bonchev–Trinajstić information content (AvgIpc) is 2.29. The van der Waals surface area contributed by atoms with E-state index in [9.17, 15) is 0 Å². The van der Waals surface area contributed by atoms with E-state index in [1.54, 1.807) is 0 Å². The zero-order chi connectivity index (χ0) is 14.4. The molecule has 0 aromatic carbocycles. The maximum absolute atomic E-state index is 5.80. The topological polar surface area (TPSA) is 12.0 Å². The lowest BCUT2D eigenvalue weighted by Crippen LogP contribution is -2.56. The van der Waals surface area contributed by atoms with E-state index < -0.39 is 0 Å². The predicted molar refractivity (Wildman–Crippen MR) is 85.4 cm³/mol. The molecule has 0 aliphatic heterocycles. The summed E-state index contributed by atoms with van der Waals surface area (Å²) in [6, 6.07) is 0.290. The monoisotopic (exact) mass is 273 g/mol. The molecule has 0 spiro atoms. The van der Waals surface area contributed by atoms with Gasteiger partial charge in [-0.05, 0) is 80.1 Å². The highest BCUT2D eigenvalue weighted by Gasteiger charge is 2.60. The van der Waals surface area contributed by atoms with Gasteiger partial charge in [0.05, 0.1) is 6.04 Å². The number of rotatable bonds is 5. The van der Waals surface area contributed by atoms with E-state index in [0.717, 1.165) is 12.5 Å². The Morgan fingerprint density at radius 3 is 2.30 bits per heavy atom. The van der Waals surface area contributed by atoms with Crippen LogP contribution in [0.25, 0.3) is 0 Å². The van der Waals surface area contributed by atoms with Crippen molar-refractivity contribution in [1.82, 2.24) is 5.32 Å². The molecule has 1 heteroatoms. The van der Waals surface area contributed by atoms with Gasteiger partial charge in [-0.1, -0.05) is 26.7 Å². The Bertz CT molecular complexity index is 400. The summed E-state index contributed by atoms with van der Waals surface area (Å²) in [7, 11) is 0. The highest BCUT2D eigenvalue weighted by molar-refractivity contribution is 5.13. The molecule has 0 saturated heterocycles. The van der Waals surface area contributed by atoms with Crippen molar-refractivity contribution in [2.45, 2.75) is 78.2 Å². The summed E-state index contributed by atoms with van der Waals surface area (Å²) >= 11 is 0. The van der Waals surface area contributed by atoms with Crippen LogP contribution in [0.5, 0.6) is 0 Å². The third-order valence-corrected chi connectivity index (χ3v) is 6.22. The van der Waals surface area contributed by atoms with Crippen LogP contribution in [0.15, 0.2) is 0 Å². The van der Waals surface area contributed by atoms with E-state index in [-0.39, 0.29) is 0 Å². The minimum atomic E-state index is 0.290. The molecular weight excluding hydrogens is 242 g/mol. The third-order valence-electron chi connectivity index (χ3n) is 6.22. The Labute approximate surface area is 125 Å². The molecule has 4 rings (SSSR count). The fourth-order valence-corrected chi connectivity index (χ4v) is 6.85. The molecule has 4 aliphatic rings. The Balaban J connectivity index is 1.77. The van der Waals surface area contributed by atoms with Gasteiger partial charge < -0.3 is 5.32 Å². The van der Waals surface area contributed by atoms with E-state index in [4.69, 9.17) is 6.42 Å². The van der Waals surface area contributed by atoms with E-state index in [1.165, 1.54) is 51.4 Å². The summed E-state index contributed by atoms with van der Waals surface area (Å²) in [6.07, 6.45) is 16.9. The minimum absolute atomic E-state index is 0.290. The summed E-state index contributed by atoms with van der Waals surface area (Å²) in [5.41, 5.74) is 1.76. The summed E-state index contributed by atoms with van der Waals surface area (Å²) < 4.78 is 0. The molecule has 3 unspecified atom stereocenters. The van der Waals surface area contributed by atoms with Gasteiger partial charge in [0, 0.05) is 0 Å². The summed E-state index contributed by atoms with van der Waals surface area (Å²) in [5.74, 6) is 4.00. The van der Waals surface area contributed by atoms with Crippen LogP contribution in [0.2, 0.25) is 0 Å². The van der Waals surface area contributed by atoms with E-state index in [0.29, 0.717) is 22.3 Å². The van der Waals surface area contributed by atoms with Crippen molar-refractivity contribution < 1.29 is 0 Å². The molecule has 0 amide bonds. The van der Waals surface area contributed by atoms with Crippen LogP contribution in [0.4, 0.5) is 0 Å². The molecule has 112 valence electrons. The molecule has 4 bridgehead atoms. The van der Waals surface area contributed by atoms with Crippen molar-refractivity contribution in [1.29, 1.82) is 0 Å². The second kappa shape index (κ2) is 4.77. The van der Waals surface area contributed by atoms with Gasteiger partial charge in [0.15, 0.2) is 0 Å². The molecular formula is C19H31N. The number of hydrogen-bond donors (Lipinski definition) is 1. The van der Waals surface area contributed by atoms with Crippen LogP contribution in [-0.4, -0.2) is 12.6 Å². The quantitative estimate of drug-likeness (QED) is 0.733. The normalized spacial score (nSPS) is 47.2. The molecule has 0 radical (unpaired) electrons. The highest BCUT2D eigenvalue weighted by atomic mass is 14.9. The molecule has 0 aromatic rings. The van der Waals surface area contributed by atoms with Crippen molar-refractivity contribution in [2.24, 2.45) is 22.2 Å². The van der Waals surface area contributed by atoms with E-state index in [2.05, 4.69) is 32.0 Å². The number of nitrogens with one attached hydrogen (secondary N) is 1.